The number of thiocarbonyl (C=S) groups is 1. The molecule has 2 aromatic carbocycles. The van der Waals surface area contributed by atoms with E-state index in [4.69, 9.17) is 26.4 Å². The zero-order valence-corrected chi connectivity index (χ0v) is 21.1. The molecule has 0 saturated heterocycles. The molecule has 0 aromatic heterocycles. The van der Waals surface area contributed by atoms with E-state index < -0.39 is 5.41 Å². The summed E-state index contributed by atoms with van der Waals surface area (Å²) < 4.78 is 17.0. The summed E-state index contributed by atoms with van der Waals surface area (Å²) in [6.07, 6.45) is 1.42. The molecule has 33 heavy (non-hydrogen) atoms. The quantitative estimate of drug-likeness (QED) is 0.318. The van der Waals surface area contributed by atoms with Crippen molar-refractivity contribution < 1.29 is 19.0 Å². The molecule has 180 valence electrons. The summed E-state index contributed by atoms with van der Waals surface area (Å²) in [6.45, 7) is 12.0. The zero-order chi connectivity index (χ0) is 24.3. The molecule has 0 fully saturated rings. The lowest BCUT2D eigenvalue weighted by Gasteiger charge is -2.24. The molecule has 0 saturated carbocycles. The van der Waals surface area contributed by atoms with Crippen LogP contribution in [0.4, 0.5) is 5.69 Å². The number of hydrogen-bond donors (Lipinski definition) is 2. The van der Waals surface area contributed by atoms with E-state index in [-0.39, 0.29) is 11.0 Å². The lowest BCUT2D eigenvalue weighted by atomic mass is 9.87. The molecule has 0 heterocycles. The van der Waals surface area contributed by atoms with E-state index in [9.17, 15) is 4.79 Å². The van der Waals surface area contributed by atoms with Crippen molar-refractivity contribution >= 4 is 28.9 Å². The topological polar surface area (TPSA) is 68.8 Å². The van der Waals surface area contributed by atoms with Gasteiger partial charge in [-0.15, -0.1) is 0 Å². The van der Waals surface area contributed by atoms with E-state index in [1.165, 1.54) is 0 Å². The number of anilines is 1. The first-order valence-electron chi connectivity index (χ1n) is 11.3. The number of carbonyl (C=O) groups is 1. The van der Waals surface area contributed by atoms with Crippen molar-refractivity contribution in [2.45, 2.75) is 47.5 Å². The summed E-state index contributed by atoms with van der Waals surface area (Å²) in [5.41, 5.74) is 2.37. The molecule has 0 atom stereocenters. The lowest BCUT2D eigenvalue weighted by molar-refractivity contribution is -0.128. The summed E-state index contributed by atoms with van der Waals surface area (Å²) in [7, 11) is 0. The fraction of sp³-hybridized carbons (Fsp3) is 0.462. The van der Waals surface area contributed by atoms with Gasteiger partial charge in [-0.05, 0) is 75.2 Å². The Morgan fingerprint density at radius 3 is 2.48 bits per heavy atom. The maximum absolute atomic E-state index is 12.8. The van der Waals surface area contributed by atoms with Gasteiger partial charge in [-0.2, -0.15) is 0 Å². The van der Waals surface area contributed by atoms with E-state index in [2.05, 4.69) is 22.8 Å². The van der Waals surface area contributed by atoms with Crippen LogP contribution < -0.4 is 20.1 Å². The van der Waals surface area contributed by atoms with Crippen molar-refractivity contribution in [3.63, 3.8) is 0 Å². The second-order valence-electron chi connectivity index (χ2n) is 8.55. The molecule has 7 heteroatoms. The van der Waals surface area contributed by atoms with Gasteiger partial charge in [0.1, 0.15) is 18.1 Å². The van der Waals surface area contributed by atoms with Crippen LogP contribution in [-0.4, -0.2) is 37.4 Å². The fourth-order valence-corrected chi connectivity index (χ4v) is 3.35. The summed E-state index contributed by atoms with van der Waals surface area (Å²) in [6, 6.07) is 13.6. The minimum absolute atomic E-state index is 0.138. The van der Waals surface area contributed by atoms with Crippen molar-refractivity contribution in [1.82, 2.24) is 5.32 Å². The Kier molecular flexibility index (Phi) is 10.6. The van der Waals surface area contributed by atoms with Crippen LogP contribution in [0.5, 0.6) is 11.5 Å². The first-order chi connectivity index (χ1) is 15.7. The molecular weight excluding hydrogens is 436 g/mol. The van der Waals surface area contributed by atoms with Gasteiger partial charge in [-0.1, -0.05) is 38.1 Å². The number of para-hydroxylation sites is 2. The average molecular weight is 473 g/mol. The van der Waals surface area contributed by atoms with Crippen LogP contribution in [0.1, 0.15) is 44.7 Å². The molecule has 0 radical (unpaired) electrons. The highest BCUT2D eigenvalue weighted by molar-refractivity contribution is 7.80. The van der Waals surface area contributed by atoms with Gasteiger partial charge in [-0.25, -0.2) is 0 Å². The van der Waals surface area contributed by atoms with Gasteiger partial charge in [0.15, 0.2) is 5.11 Å². The standard InChI is InChI=1S/C26H36N2O4S/c1-6-30-16-17-32-22-11-8-7-10-21(22)27-25(33)28-24(29)26(4,5)14-9-15-31-23-18-19(2)12-13-20(23)3/h7-8,10-13,18H,6,9,14-17H2,1-5H3,(H2,27,28,29,33). The Labute approximate surface area is 203 Å². The Hall–Kier alpha value is -2.64. The largest absolute Gasteiger partial charge is 0.493 e. The first kappa shape index (κ1) is 26.6. The Bertz CT molecular complexity index is 930. The fourth-order valence-electron chi connectivity index (χ4n) is 3.15. The summed E-state index contributed by atoms with van der Waals surface area (Å²) in [5, 5.41) is 6.11. The Balaban J connectivity index is 1.82. The van der Waals surface area contributed by atoms with E-state index in [0.29, 0.717) is 44.3 Å². The molecule has 1 amide bonds. The second-order valence-corrected chi connectivity index (χ2v) is 8.96. The maximum Gasteiger partial charge on any atom is 0.231 e. The first-order valence-corrected chi connectivity index (χ1v) is 11.8. The summed E-state index contributed by atoms with van der Waals surface area (Å²) in [4.78, 5) is 12.8. The van der Waals surface area contributed by atoms with E-state index in [1.807, 2.05) is 65.0 Å². The minimum atomic E-state index is -0.593. The van der Waals surface area contributed by atoms with Crippen molar-refractivity contribution in [1.29, 1.82) is 0 Å². The number of aryl methyl sites for hydroxylation is 2. The second kappa shape index (κ2) is 13.2. The van der Waals surface area contributed by atoms with Crippen LogP contribution in [0.2, 0.25) is 0 Å². The van der Waals surface area contributed by atoms with Gasteiger partial charge < -0.3 is 24.8 Å². The Morgan fingerprint density at radius 2 is 1.73 bits per heavy atom. The van der Waals surface area contributed by atoms with Crippen LogP contribution >= 0.6 is 12.2 Å². The smallest absolute Gasteiger partial charge is 0.231 e. The van der Waals surface area contributed by atoms with Gasteiger partial charge in [0.25, 0.3) is 0 Å². The van der Waals surface area contributed by atoms with E-state index in [1.54, 1.807) is 0 Å². The minimum Gasteiger partial charge on any atom is -0.493 e. The summed E-state index contributed by atoms with van der Waals surface area (Å²) in [5.74, 6) is 1.41. The number of rotatable bonds is 12. The molecule has 2 rings (SSSR count). The highest BCUT2D eigenvalue weighted by atomic mass is 32.1. The highest BCUT2D eigenvalue weighted by Gasteiger charge is 2.28. The van der Waals surface area contributed by atoms with Gasteiger partial charge in [0.2, 0.25) is 5.91 Å². The number of carbonyl (C=O) groups excluding carboxylic acids is 1. The molecule has 6 nitrogen and oxygen atoms in total. The van der Waals surface area contributed by atoms with E-state index in [0.717, 1.165) is 23.3 Å². The molecule has 0 spiro atoms. The predicted octanol–water partition coefficient (Wildman–Crippen LogP) is 5.42. The summed E-state index contributed by atoms with van der Waals surface area (Å²) >= 11 is 5.37. The third kappa shape index (κ3) is 9.02. The SMILES string of the molecule is CCOCCOc1ccccc1NC(=S)NC(=O)C(C)(C)CCCOc1cc(C)ccc1C. The third-order valence-corrected chi connectivity index (χ3v) is 5.42. The van der Waals surface area contributed by atoms with Gasteiger partial charge in [0, 0.05) is 12.0 Å². The molecule has 0 aliphatic carbocycles. The number of nitrogens with one attached hydrogen (secondary N) is 2. The van der Waals surface area contributed by atoms with Crippen molar-refractivity contribution in [2.24, 2.45) is 5.41 Å². The maximum atomic E-state index is 12.8. The van der Waals surface area contributed by atoms with Crippen LogP contribution in [0.25, 0.3) is 0 Å². The van der Waals surface area contributed by atoms with Crippen molar-refractivity contribution in [3.8, 4) is 11.5 Å². The molecular formula is C26H36N2O4S. The molecule has 0 aliphatic heterocycles. The molecule has 2 aromatic rings. The number of ether oxygens (including phenoxy) is 3. The Morgan fingerprint density at radius 1 is 1.00 bits per heavy atom. The van der Waals surface area contributed by atoms with Crippen LogP contribution in [0.15, 0.2) is 42.5 Å². The van der Waals surface area contributed by atoms with Crippen molar-refractivity contribution in [2.75, 3.05) is 31.7 Å². The highest BCUT2D eigenvalue weighted by Crippen LogP contribution is 2.26. The lowest BCUT2D eigenvalue weighted by Crippen LogP contribution is -2.42. The number of hydrogen-bond acceptors (Lipinski definition) is 5. The predicted molar refractivity (Wildman–Crippen MR) is 137 cm³/mol. The monoisotopic (exact) mass is 472 g/mol. The third-order valence-electron chi connectivity index (χ3n) is 5.21. The van der Waals surface area contributed by atoms with Crippen LogP contribution in [0, 0.1) is 19.3 Å². The number of benzene rings is 2. The average Bonchev–Trinajstić information content (AvgIpc) is 2.77. The van der Waals surface area contributed by atoms with E-state index >= 15 is 0 Å². The molecule has 2 N–H and O–H groups in total. The van der Waals surface area contributed by atoms with Gasteiger partial charge in [-0.3, -0.25) is 4.79 Å². The van der Waals surface area contributed by atoms with Gasteiger partial charge in [0.05, 0.1) is 18.9 Å². The molecule has 0 bridgehead atoms. The molecule has 0 unspecified atom stereocenters. The molecule has 0 aliphatic rings. The van der Waals surface area contributed by atoms with Crippen LogP contribution in [-0.2, 0) is 9.53 Å². The zero-order valence-electron chi connectivity index (χ0n) is 20.3. The van der Waals surface area contributed by atoms with Gasteiger partial charge >= 0.3 is 0 Å². The number of amides is 1. The normalized spacial score (nSPS) is 11.1. The van der Waals surface area contributed by atoms with Crippen molar-refractivity contribution in [3.05, 3.63) is 53.6 Å². The van der Waals surface area contributed by atoms with Crippen LogP contribution in [0.3, 0.4) is 0 Å².